The molecule has 8 nitrogen and oxygen atoms in total. The van der Waals surface area contributed by atoms with E-state index in [0.29, 0.717) is 28.0 Å². The maximum Gasteiger partial charge on any atom is 0.433 e. The number of halogens is 3. The van der Waals surface area contributed by atoms with Crippen molar-refractivity contribution in [2.24, 2.45) is 21.1 Å². The van der Waals surface area contributed by atoms with E-state index in [9.17, 15) is 22.8 Å². The van der Waals surface area contributed by atoms with Crippen molar-refractivity contribution >= 4 is 10.9 Å². The van der Waals surface area contributed by atoms with Crippen LogP contribution >= 0.6 is 0 Å². The van der Waals surface area contributed by atoms with E-state index in [2.05, 4.69) is 10.1 Å². The molecule has 0 aliphatic carbocycles. The molecular formula is C27H24F3N5O3. The van der Waals surface area contributed by atoms with Crippen LogP contribution in [0.15, 0.2) is 58.5 Å². The van der Waals surface area contributed by atoms with Crippen LogP contribution in [0.2, 0.25) is 0 Å². The Morgan fingerprint density at radius 1 is 0.921 bits per heavy atom. The minimum Gasteiger partial charge on any atom is -0.455 e. The molecule has 0 fully saturated rings. The molecule has 0 bridgehead atoms. The lowest BCUT2D eigenvalue weighted by Gasteiger charge is -2.17. The molecule has 0 atom stereocenters. The maximum atomic E-state index is 13.8. The summed E-state index contributed by atoms with van der Waals surface area (Å²) < 4.78 is 51.1. The van der Waals surface area contributed by atoms with Gasteiger partial charge in [-0.1, -0.05) is 18.2 Å². The number of alkyl halides is 3. The van der Waals surface area contributed by atoms with Gasteiger partial charge in [0.25, 0.3) is 11.1 Å². The fourth-order valence-corrected chi connectivity index (χ4v) is 4.63. The second-order valence-electron chi connectivity index (χ2n) is 9.28. The van der Waals surface area contributed by atoms with Crippen molar-refractivity contribution < 1.29 is 17.9 Å². The summed E-state index contributed by atoms with van der Waals surface area (Å²) in [5.74, 6) is 0.970. The zero-order valence-electron chi connectivity index (χ0n) is 21.3. The quantitative estimate of drug-likeness (QED) is 0.357. The van der Waals surface area contributed by atoms with Gasteiger partial charge in [-0.25, -0.2) is 0 Å². The highest BCUT2D eigenvalue weighted by Crippen LogP contribution is 2.40. The van der Waals surface area contributed by atoms with E-state index in [1.165, 1.54) is 35.4 Å². The van der Waals surface area contributed by atoms with Crippen LogP contribution in [0.1, 0.15) is 16.8 Å². The van der Waals surface area contributed by atoms with Gasteiger partial charge in [0.15, 0.2) is 11.4 Å². The zero-order valence-corrected chi connectivity index (χ0v) is 21.3. The first-order valence-corrected chi connectivity index (χ1v) is 11.6. The number of hydrogen-bond acceptors (Lipinski definition) is 4. The van der Waals surface area contributed by atoms with Crippen LogP contribution in [0.4, 0.5) is 13.2 Å². The Morgan fingerprint density at radius 2 is 1.61 bits per heavy atom. The molecule has 4 heterocycles. The lowest BCUT2D eigenvalue weighted by Crippen LogP contribution is -2.18. The first kappa shape index (κ1) is 25.1. The number of nitrogens with one attached hydrogen (secondary N) is 1. The number of benzene rings is 1. The lowest BCUT2D eigenvalue weighted by atomic mass is 10.0. The molecule has 0 saturated carbocycles. The van der Waals surface area contributed by atoms with Gasteiger partial charge in [-0.2, -0.15) is 18.3 Å². The number of pyridine rings is 2. The third-order valence-corrected chi connectivity index (χ3v) is 6.57. The Kier molecular flexibility index (Phi) is 5.81. The van der Waals surface area contributed by atoms with Crippen LogP contribution in [0, 0.1) is 13.8 Å². The average molecular weight is 524 g/mol. The number of para-hydroxylation sites is 1. The molecule has 11 heteroatoms. The van der Waals surface area contributed by atoms with E-state index in [4.69, 9.17) is 4.74 Å². The van der Waals surface area contributed by atoms with Gasteiger partial charge in [-0.05, 0) is 31.0 Å². The number of aromatic amines is 1. The summed E-state index contributed by atoms with van der Waals surface area (Å²) in [4.78, 5) is 28.6. The highest BCUT2D eigenvalue weighted by molar-refractivity contribution is 5.98. The molecule has 0 radical (unpaired) electrons. The summed E-state index contributed by atoms with van der Waals surface area (Å²) in [5.41, 5.74) is 0.875. The van der Waals surface area contributed by atoms with E-state index in [1.54, 1.807) is 19.4 Å². The Labute approximate surface area is 214 Å². The first-order valence-electron chi connectivity index (χ1n) is 11.6. The number of aryl methyl sites for hydroxylation is 5. The second kappa shape index (κ2) is 8.79. The normalized spacial score (nSPS) is 11.9. The first-order chi connectivity index (χ1) is 17.9. The third kappa shape index (κ3) is 4.09. The summed E-state index contributed by atoms with van der Waals surface area (Å²) >= 11 is 0. The zero-order chi connectivity index (χ0) is 27.5. The molecule has 1 N–H and O–H groups in total. The Morgan fingerprint density at radius 3 is 2.26 bits per heavy atom. The van der Waals surface area contributed by atoms with E-state index in [-0.39, 0.29) is 22.3 Å². The van der Waals surface area contributed by atoms with Crippen LogP contribution in [0.5, 0.6) is 11.5 Å². The molecule has 0 aliphatic rings. The molecule has 196 valence electrons. The molecular weight excluding hydrogens is 499 g/mol. The van der Waals surface area contributed by atoms with Crippen molar-refractivity contribution in [1.29, 1.82) is 0 Å². The topological polar surface area (TPSA) is 86.8 Å². The monoisotopic (exact) mass is 523 g/mol. The van der Waals surface area contributed by atoms with Crippen molar-refractivity contribution in [2.45, 2.75) is 20.0 Å². The van der Waals surface area contributed by atoms with Gasteiger partial charge in [0, 0.05) is 55.5 Å². The Hall–Kier alpha value is -4.54. The summed E-state index contributed by atoms with van der Waals surface area (Å²) in [6.45, 7) is 3.80. The number of hydrogen-bond donors (Lipinski definition) is 1. The highest BCUT2D eigenvalue weighted by atomic mass is 19.4. The van der Waals surface area contributed by atoms with E-state index in [0.717, 1.165) is 22.0 Å². The minimum atomic E-state index is -4.66. The number of fused-ring (bicyclic) bond motifs is 1. The molecule has 0 amide bonds. The number of nitrogens with zero attached hydrogens (tertiary/aromatic N) is 4. The van der Waals surface area contributed by atoms with Gasteiger partial charge in [-0.3, -0.25) is 14.3 Å². The van der Waals surface area contributed by atoms with Crippen molar-refractivity contribution in [3.05, 3.63) is 86.5 Å². The number of rotatable bonds is 4. The summed E-state index contributed by atoms with van der Waals surface area (Å²) in [5, 5.41) is 4.13. The molecule has 0 spiro atoms. The van der Waals surface area contributed by atoms with Gasteiger partial charge < -0.3 is 18.9 Å². The molecule has 0 unspecified atom stereocenters. The van der Waals surface area contributed by atoms with Crippen LogP contribution in [-0.2, 0) is 27.3 Å². The minimum absolute atomic E-state index is 0.0750. The fourth-order valence-electron chi connectivity index (χ4n) is 4.63. The Bertz CT molecular complexity index is 1820. The maximum absolute atomic E-state index is 13.8. The third-order valence-electron chi connectivity index (χ3n) is 6.57. The molecule has 4 aromatic heterocycles. The molecule has 38 heavy (non-hydrogen) atoms. The predicted octanol–water partition coefficient (Wildman–Crippen LogP) is 5.06. The van der Waals surface area contributed by atoms with Crippen molar-refractivity contribution in [1.82, 2.24) is 23.9 Å². The van der Waals surface area contributed by atoms with Crippen LogP contribution in [-0.4, -0.2) is 23.9 Å². The van der Waals surface area contributed by atoms with Crippen LogP contribution in [0.3, 0.4) is 0 Å². The van der Waals surface area contributed by atoms with Crippen LogP contribution in [0.25, 0.3) is 33.3 Å². The number of H-pyrrole nitrogens is 1. The molecule has 5 rings (SSSR count). The predicted molar refractivity (Wildman–Crippen MR) is 137 cm³/mol. The van der Waals surface area contributed by atoms with Crippen molar-refractivity contribution in [2.75, 3.05) is 0 Å². The van der Waals surface area contributed by atoms with E-state index in [1.807, 2.05) is 32.0 Å². The van der Waals surface area contributed by atoms with E-state index < -0.39 is 17.4 Å². The molecule has 0 aliphatic heterocycles. The summed E-state index contributed by atoms with van der Waals surface area (Å²) in [6.07, 6.45) is -0.464. The van der Waals surface area contributed by atoms with Crippen LogP contribution < -0.4 is 15.9 Å². The standard InChI is InChI=1S/C27H24F3N5O3/c1-14-7-6-8-15(2)24(14)38-21-13-33(3)22(36)10-16(21)19-12-34(4)26(37)23-17(19)9-20(32-23)18-11-31-35(5)25(18)27(28,29)30/h6-13,32H,1-5H3. The van der Waals surface area contributed by atoms with Gasteiger partial charge in [-0.15, -0.1) is 0 Å². The largest absolute Gasteiger partial charge is 0.455 e. The molecule has 5 aromatic rings. The second-order valence-corrected chi connectivity index (χ2v) is 9.28. The van der Waals surface area contributed by atoms with E-state index >= 15 is 0 Å². The van der Waals surface area contributed by atoms with Gasteiger partial charge in [0.2, 0.25) is 0 Å². The van der Waals surface area contributed by atoms with Crippen molar-refractivity contribution in [3.8, 4) is 33.9 Å². The number of aromatic nitrogens is 5. The smallest absolute Gasteiger partial charge is 0.433 e. The SMILES string of the molecule is Cc1cccc(C)c1Oc1cn(C)c(=O)cc1-c1cn(C)c(=O)c2[nH]c(-c3cnn(C)c3C(F)(F)F)cc12. The lowest BCUT2D eigenvalue weighted by molar-refractivity contribution is -0.143. The highest BCUT2D eigenvalue weighted by Gasteiger charge is 2.38. The van der Waals surface area contributed by atoms with Gasteiger partial charge in [0.1, 0.15) is 11.3 Å². The molecule has 0 saturated heterocycles. The van der Waals surface area contributed by atoms with Crippen molar-refractivity contribution in [3.63, 3.8) is 0 Å². The number of ether oxygens (including phenoxy) is 1. The molecule has 1 aromatic carbocycles. The van der Waals surface area contributed by atoms with Gasteiger partial charge >= 0.3 is 6.18 Å². The van der Waals surface area contributed by atoms with Gasteiger partial charge in [0.05, 0.1) is 18.1 Å². The summed E-state index contributed by atoms with van der Waals surface area (Å²) in [7, 11) is 4.33. The Balaban J connectivity index is 1.78. The summed E-state index contributed by atoms with van der Waals surface area (Å²) in [6, 6.07) is 8.57. The fraction of sp³-hybridized carbons (Fsp3) is 0.222. The average Bonchev–Trinajstić information content (AvgIpc) is 3.45.